The van der Waals surface area contributed by atoms with Gasteiger partial charge in [0.1, 0.15) is 0 Å². The van der Waals surface area contributed by atoms with E-state index in [0.717, 1.165) is 8.95 Å². The topological polar surface area (TPSA) is 49.3 Å². The molecule has 0 heterocycles. The molecular formula is C14H10Br2ClNO2. The van der Waals surface area contributed by atoms with Crippen LogP contribution in [0.4, 0.5) is 5.69 Å². The van der Waals surface area contributed by atoms with Gasteiger partial charge in [-0.2, -0.15) is 0 Å². The summed E-state index contributed by atoms with van der Waals surface area (Å²) in [5.74, 6) is -0.995. The molecule has 0 saturated carbocycles. The molecule has 2 aromatic rings. The number of hydrogen-bond acceptors (Lipinski definition) is 2. The van der Waals surface area contributed by atoms with Crippen molar-refractivity contribution in [3.8, 4) is 0 Å². The molecule has 2 aromatic carbocycles. The van der Waals surface area contributed by atoms with E-state index in [9.17, 15) is 9.90 Å². The van der Waals surface area contributed by atoms with Gasteiger partial charge in [0.25, 0.3) is 0 Å². The van der Waals surface area contributed by atoms with Crippen LogP contribution in [0.5, 0.6) is 0 Å². The van der Waals surface area contributed by atoms with Gasteiger partial charge in [0, 0.05) is 25.2 Å². The van der Waals surface area contributed by atoms with Crippen molar-refractivity contribution in [1.82, 2.24) is 0 Å². The van der Waals surface area contributed by atoms with Crippen LogP contribution in [0.2, 0.25) is 5.02 Å². The predicted octanol–water partition coefficient (Wildman–Crippen LogP) is 5.10. The number of halogens is 3. The molecule has 0 aliphatic rings. The standard InChI is InChI=1S/C14H10Br2ClNO2/c15-8-5-6-9(11(17)7-8)13(14(19)20)18-12-4-2-1-3-10(12)16/h1-7,13,18H,(H,19,20). The van der Waals surface area contributed by atoms with Gasteiger partial charge < -0.3 is 10.4 Å². The minimum absolute atomic E-state index is 0.395. The van der Waals surface area contributed by atoms with Crippen molar-refractivity contribution in [2.45, 2.75) is 6.04 Å². The molecule has 0 fully saturated rings. The molecule has 104 valence electrons. The predicted molar refractivity (Wildman–Crippen MR) is 87.3 cm³/mol. The van der Waals surface area contributed by atoms with Crippen molar-refractivity contribution < 1.29 is 9.90 Å². The van der Waals surface area contributed by atoms with Crippen molar-refractivity contribution in [2.75, 3.05) is 5.32 Å². The zero-order chi connectivity index (χ0) is 14.7. The molecule has 0 aliphatic heterocycles. The van der Waals surface area contributed by atoms with Gasteiger partial charge in [-0.15, -0.1) is 0 Å². The summed E-state index contributed by atoms with van der Waals surface area (Å²) in [6.07, 6.45) is 0. The lowest BCUT2D eigenvalue weighted by Crippen LogP contribution is -2.21. The SMILES string of the molecule is O=C(O)C(Nc1ccccc1Br)c1ccc(Br)cc1Cl. The van der Waals surface area contributed by atoms with E-state index in [4.69, 9.17) is 11.6 Å². The summed E-state index contributed by atoms with van der Waals surface area (Å²) >= 11 is 12.8. The average Bonchev–Trinajstić information content (AvgIpc) is 2.38. The minimum atomic E-state index is -0.995. The number of carboxylic acids is 1. The normalized spacial score (nSPS) is 11.9. The number of carboxylic acid groups (broad SMARTS) is 1. The molecule has 0 aliphatic carbocycles. The Morgan fingerprint density at radius 2 is 1.90 bits per heavy atom. The first-order valence-electron chi connectivity index (χ1n) is 5.68. The summed E-state index contributed by atoms with van der Waals surface area (Å²) in [5, 5.41) is 12.8. The molecule has 0 radical (unpaired) electrons. The van der Waals surface area contributed by atoms with Gasteiger partial charge in [0.2, 0.25) is 0 Å². The third-order valence-electron chi connectivity index (χ3n) is 2.69. The van der Waals surface area contributed by atoms with E-state index in [0.29, 0.717) is 16.3 Å². The van der Waals surface area contributed by atoms with Gasteiger partial charge in [-0.3, -0.25) is 0 Å². The molecule has 20 heavy (non-hydrogen) atoms. The van der Waals surface area contributed by atoms with Gasteiger partial charge in [0.15, 0.2) is 6.04 Å². The van der Waals surface area contributed by atoms with E-state index in [1.165, 1.54) is 0 Å². The monoisotopic (exact) mass is 417 g/mol. The van der Waals surface area contributed by atoms with E-state index in [1.54, 1.807) is 24.3 Å². The Balaban J connectivity index is 2.37. The van der Waals surface area contributed by atoms with Crippen LogP contribution in [-0.4, -0.2) is 11.1 Å². The van der Waals surface area contributed by atoms with Crippen molar-refractivity contribution in [1.29, 1.82) is 0 Å². The fourth-order valence-corrected chi connectivity index (χ4v) is 2.92. The highest BCUT2D eigenvalue weighted by atomic mass is 79.9. The summed E-state index contributed by atoms with van der Waals surface area (Å²) in [5.41, 5.74) is 1.21. The van der Waals surface area contributed by atoms with Crippen LogP contribution in [0.1, 0.15) is 11.6 Å². The number of anilines is 1. The maximum absolute atomic E-state index is 11.5. The van der Waals surface area contributed by atoms with Crippen LogP contribution >= 0.6 is 43.5 Å². The molecule has 0 saturated heterocycles. The third-order valence-corrected chi connectivity index (χ3v) is 4.21. The largest absolute Gasteiger partial charge is 0.479 e. The number of carbonyl (C=O) groups is 1. The van der Waals surface area contributed by atoms with Crippen LogP contribution in [0, 0.1) is 0 Å². The highest BCUT2D eigenvalue weighted by Gasteiger charge is 2.23. The molecule has 3 nitrogen and oxygen atoms in total. The number of para-hydroxylation sites is 1. The molecule has 2 rings (SSSR count). The summed E-state index contributed by atoms with van der Waals surface area (Å²) < 4.78 is 1.59. The fraction of sp³-hybridized carbons (Fsp3) is 0.0714. The Morgan fingerprint density at radius 1 is 1.20 bits per heavy atom. The summed E-state index contributed by atoms with van der Waals surface area (Å²) in [6, 6.07) is 11.5. The second-order valence-corrected chi connectivity index (χ2v) is 6.24. The maximum Gasteiger partial charge on any atom is 0.330 e. The Hall–Kier alpha value is -1.04. The van der Waals surface area contributed by atoms with Gasteiger partial charge in [-0.25, -0.2) is 4.79 Å². The highest BCUT2D eigenvalue weighted by molar-refractivity contribution is 9.10. The van der Waals surface area contributed by atoms with Crippen LogP contribution in [0.25, 0.3) is 0 Å². The Labute approximate surface area is 138 Å². The van der Waals surface area contributed by atoms with Crippen molar-refractivity contribution in [3.05, 3.63) is 62.0 Å². The lowest BCUT2D eigenvalue weighted by atomic mass is 10.1. The van der Waals surface area contributed by atoms with Crippen molar-refractivity contribution in [2.24, 2.45) is 0 Å². The molecule has 1 unspecified atom stereocenters. The maximum atomic E-state index is 11.5. The molecule has 1 atom stereocenters. The average molecular weight is 420 g/mol. The number of benzene rings is 2. The minimum Gasteiger partial charge on any atom is -0.479 e. The molecule has 0 bridgehead atoms. The van der Waals surface area contributed by atoms with Gasteiger partial charge in [-0.1, -0.05) is 45.7 Å². The first kappa shape index (κ1) is 15.4. The Morgan fingerprint density at radius 3 is 2.50 bits per heavy atom. The van der Waals surface area contributed by atoms with Crippen molar-refractivity contribution >= 4 is 55.1 Å². The first-order valence-corrected chi connectivity index (χ1v) is 7.64. The smallest absolute Gasteiger partial charge is 0.330 e. The van der Waals surface area contributed by atoms with E-state index >= 15 is 0 Å². The Kier molecular flexibility index (Phi) is 5.07. The molecule has 6 heteroatoms. The van der Waals surface area contributed by atoms with E-state index in [-0.39, 0.29) is 0 Å². The lowest BCUT2D eigenvalue weighted by molar-refractivity contribution is -0.138. The van der Waals surface area contributed by atoms with Crippen LogP contribution < -0.4 is 5.32 Å². The molecule has 0 amide bonds. The third kappa shape index (κ3) is 3.53. The second-order valence-electron chi connectivity index (χ2n) is 4.06. The van der Waals surface area contributed by atoms with Gasteiger partial charge >= 0.3 is 5.97 Å². The second kappa shape index (κ2) is 6.61. The number of aliphatic carboxylic acids is 1. The molecule has 0 spiro atoms. The first-order chi connectivity index (χ1) is 9.49. The highest BCUT2D eigenvalue weighted by Crippen LogP contribution is 2.31. The number of rotatable bonds is 4. The summed E-state index contributed by atoms with van der Waals surface area (Å²) in [6.45, 7) is 0. The molecule has 2 N–H and O–H groups in total. The van der Waals surface area contributed by atoms with Crippen LogP contribution in [-0.2, 0) is 4.79 Å². The molecule has 0 aromatic heterocycles. The zero-order valence-electron chi connectivity index (χ0n) is 10.1. The fourth-order valence-electron chi connectivity index (χ4n) is 1.74. The summed E-state index contributed by atoms with van der Waals surface area (Å²) in [7, 11) is 0. The zero-order valence-corrected chi connectivity index (χ0v) is 14.0. The van der Waals surface area contributed by atoms with E-state index < -0.39 is 12.0 Å². The molecular weight excluding hydrogens is 409 g/mol. The van der Waals surface area contributed by atoms with Crippen molar-refractivity contribution in [3.63, 3.8) is 0 Å². The summed E-state index contributed by atoms with van der Waals surface area (Å²) in [4.78, 5) is 11.5. The van der Waals surface area contributed by atoms with Crippen LogP contribution in [0.3, 0.4) is 0 Å². The Bertz CT molecular complexity index is 649. The quantitative estimate of drug-likeness (QED) is 0.725. The number of nitrogens with one attached hydrogen (secondary N) is 1. The van der Waals surface area contributed by atoms with Gasteiger partial charge in [0.05, 0.1) is 0 Å². The van der Waals surface area contributed by atoms with Crippen LogP contribution in [0.15, 0.2) is 51.4 Å². The lowest BCUT2D eigenvalue weighted by Gasteiger charge is -2.18. The van der Waals surface area contributed by atoms with Gasteiger partial charge in [-0.05, 0) is 40.2 Å². The van der Waals surface area contributed by atoms with E-state index in [2.05, 4.69) is 37.2 Å². The number of hydrogen-bond donors (Lipinski definition) is 2. The van der Waals surface area contributed by atoms with E-state index in [1.807, 2.05) is 18.2 Å².